The molecule has 1 aromatic carbocycles. The first kappa shape index (κ1) is 13.1. The molecule has 0 unspecified atom stereocenters. The van der Waals surface area contributed by atoms with Crippen LogP contribution in [-0.4, -0.2) is 16.1 Å². The predicted molar refractivity (Wildman–Crippen MR) is 76.6 cm³/mol. The fraction of sp³-hybridized carbons (Fsp3) is 0.533. The lowest BCUT2D eigenvalue weighted by Crippen LogP contribution is -2.07. The number of rotatable bonds is 7. The molecule has 0 atom stereocenters. The number of unbranched alkanes of at least 4 members (excludes halogenated alkanes) is 2. The van der Waals surface area contributed by atoms with E-state index in [9.17, 15) is 0 Å². The Bertz CT molecular complexity index is 487. The number of hydrogen-bond donors (Lipinski definition) is 1. The molecule has 0 fully saturated rings. The molecular formula is C15H23N3. The van der Waals surface area contributed by atoms with Crippen LogP contribution in [0.3, 0.4) is 0 Å². The quantitative estimate of drug-likeness (QED) is 0.762. The number of fused-ring (bicyclic) bond motifs is 1. The van der Waals surface area contributed by atoms with Crippen LogP contribution in [-0.2, 0) is 13.0 Å². The number of nitrogens with two attached hydrogens (primary N) is 1. The van der Waals surface area contributed by atoms with E-state index in [-0.39, 0.29) is 0 Å². The molecule has 0 radical (unpaired) electrons. The third-order valence-electron chi connectivity index (χ3n) is 3.32. The van der Waals surface area contributed by atoms with Crippen LogP contribution in [0.4, 0.5) is 0 Å². The van der Waals surface area contributed by atoms with Gasteiger partial charge in [-0.2, -0.15) is 0 Å². The molecule has 98 valence electrons. The molecule has 0 saturated heterocycles. The third-order valence-corrected chi connectivity index (χ3v) is 3.32. The second-order valence-electron chi connectivity index (χ2n) is 4.77. The minimum absolute atomic E-state index is 0.734. The summed E-state index contributed by atoms with van der Waals surface area (Å²) in [6, 6.07) is 8.41. The number of nitrogens with zero attached hydrogens (tertiary/aromatic N) is 2. The second kappa shape index (κ2) is 6.55. The van der Waals surface area contributed by atoms with Crippen molar-refractivity contribution in [3.05, 3.63) is 30.1 Å². The molecule has 0 amide bonds. The van der Waals surface area contributed by atoms with E-state index in [1.807, 2.05) is 0 Å². The molecule has 0 aliphatic carbocycles. The molecule has 0 aliphatic heterocycles. The van der Waals surface area contributed by atoms with Crippen LogP contribution in [0, 0.1) is 0 Å². The fourth-order valence-electron chi connectivity index (χ4n) is 2.35. The number of aryl methyl sites for hydroxylation is 2. The zero-order chi connectivity index (χ0) is 12.8. The average molecular weight is 245 g/mol. The third kappa shape index (κ3) is 2.91. The minimum Gasteiger partial charge on any atom is -0.330 e. The Morgan fingerprint density at radius 2 is 2.00 bits per heavy atom. The van der Waals surface area contributed by atoms with E-state index in [0.29, 0.717) is 0 Å². The molecule has 0 spiro atoms. The first-order valence-corrected chi connectivity index (χ1v) is 7.01. The van der Waals surface area contributed by atoms with Crippen molar-refractivity contribution in [1.82, 2.24) is 9.55 Å². The highest BCUT2D eigenvalue weighted by atomic mass is 15.1. The molecule has 18 heavy (non-hydrogen) atoms. The predicted octanol–water partition coefficient (Wildman–Crippen LogP) is 3.12. The topological polar surface area (TPSA) is 43.8 Å². The van der Waals surface area contributed by atoms with Gasteiger partial charge in [-0.25, -0.2) is 4.98 Å². The highest BCUT2D eigenvalue weighted by Gasteiger charge is 2.09. The Labute approximate surface area is 109 Å². The lowest BCUT2D eigenvalue weighted by atomic mass is 10.2. The minimum atomic E-state index is 0.734. The van der Waals surface area contributed by atoms with Crippen molar-refractivity contribution in [2.75, 3.05) is 6.54 Å². The number of benzene rings is 1. The lowest BCUT2D eigenvalue weighted by Gasteiger charge is -2.08. The number of aromatic nitrogens is 2. The maximum Gasteiger partial charge on any atom is 0.109 e. The van der Waals surface area contributed by atoms with Gasteiger partial charge in [0.1, 0.15) is 5.82 Å². The largest absolute Gasteiger partial charge is 0.330 e. The summed E-state index contributed by atoms with van der Waals surface area (Å²) < 4.78 is 2.38. The first-order chi connectivity index (χ1) is 8.86. The fourth-order valence-corrected chi connectivity index (χ4v) is 2.35. The first-order valence-electron chi connectivity index (χ1n) is 7.01. The van der Waals surface area contributed by atoms with Crippen LogP contribution >= 0.6 is 0 Å². The summed E-state index contributed by atoms with van der Waals surface area (Å²) in [6.45, 7) is 4.05. The van der Waals surface area contributed by atoms with Crippen molar-refractivity contribution in [3.63, 3.8) is 0 Å². The van der Waals surface area contributed by atoms with E-state index in [4.69, 9.17) is 10.7 Å². The average Bonchev–Trinajstić information content (AvgIpc) is 2.75. The Kier molecular flexibility index (Phi) is 4.76. The molecule has 1 heterocycles. The van der Waals surface area contributed by atoms with Crippen molar-refractivity contribution in [3.8, 4) is 0 Å². The standard InChI is InChI=1S/C15H23N3/c1-2-3-6-12-18-14-9-5-4-8-13(14)17-15(18)10-7-11-16/h4-5,8-9H,2-3,6-7,10-12,16H2,1H3. The van der Waals surface area contributed by atoms with Gasteiger partial charge in [-0.3, -0.25) is 0 Å². The zero-order valence-electron chi connectivity index (χ0n) is 11.2. The van der Waals surface area contributed by atoms with E-state index in [1.165, 1.54) is 30.6 Å². The normalized spacial score (nSPS) is 11.2. The van der Waals surface area contributed by atoms with Crippen LogP contribution < -0.4 is 5.73 Å². The summed E-state index contributed by atoms with van der Waals surface area (Å²) in [7, 11) is 0. The van der Waals surface area contributed by atoms with E-state index in [1.54, 1.807) is 0 Å². The van der Waals surface area contributed by atoms with Gasteiger partial charge >= 0.3 is 0 Å². The van der Waals surface area contributed by atoms with Crippen molar-refractivity contribution in [2.24, 2.45) is 5.73 Å². The van der Waals surface area contributed by atoms with Crippen molar-refractivity contribution in [2.45, 2.75) is 45.6 Å². The molecule has 2 aromatic rings. The van der Waals surface area contributed by atoms with Crippen LogP contribution in [0.25, 0.3) is 11.0 Å². The van der Waals surface area contributed by atoms with Gasteiger partial charge in [0, 0.05) is 13.0 Å². The number of hydrogen-bond acceptors (Lipinski definition) is 2. The highest BCUT2D eigenvalue weighted by Crippen LogP contribution is 2.18. The Morgan fingerprint density at radius 1 is 1.17 bits per heavy atom. The SMILES string of the molecule is CCCCCn1c(CCCN)nc2ccccc21. The van der Waals surface area contributed by atoms with Gasteiger partial charge in [0.05, 0.1) is 11.0 Å². The highest BCUT2D eigenvalue weighted by molar-refractivity contribution is 5.75. The van der Waals surface area contributed by atoms with Gasteiger partial charge in [0.15, 0.2) is 0 Å². The summed E-state index contributed by atoms with van der Waals surface area (Å²) in [4.78, 5) is 4.74. The Balaban J connectivity index is 2.25. The lowest BCUT2D eigenvalue weighted by molar-refractivity contribution is 0.585. The molecule has 0 bridgehead atoms. The van der Waals surface area contributed by atoms with Crippen LogP contribution in [0.5, 0.6) is 0 Å². The molecule has 0 aliphatic rings. The van der Waals surface area contributed by atoms with Gasteiger partial charge in [0.2, 0.25) is 0 Å². The summed E-state index contributed by atoms with van der Waals surface area (Å²) in [5.74, 6) is 1.19. The monoisotopic (exact) mass is 245 g/mol. The Hall–Kier alpha value is -1.35. The van der Waals surface area contributed by atoms with E-state index in [2.05, 4.69) is 35.8 Å². The van der Waals surface area contributed by atoms with E-state index >= 15 is 0 Å². The van der Waals surface area contributed by atoms with E-state index < -0.39 is 0 Å². The summed E-state index contributed by atoms with van der Waals surface area (Å²) >= 11 is 0. The molecule has 0 saturated carbocycles. The van der Waals surface area contributed by atoms with Gasteiger partial charge in [-0.1, -0.05) is 31.9 Å². The zero-order valence-corrected chi connectivity index (χ0v) is 11.2. The van der Waals surface area contributed by atoms with Crippen LogP contribution in [0.1, 0.15) is 38.4 Å². The molecule has 3 heteroatoms. The summed E-state index contributed by atoms with van der Waals surface area (Å²) in [6.07, 6.45) is 5.76. The van der Waals surface area contributed by atoms with Gasteiger partial charge in [-0.15, -0.1) is 0 Å². The Morgan fingerprint density at radius 3 is 2.78 bits per heavy atom. The molecule has 2 N–H and O–H groups in total. The number of para-hydroxylation sites is 2. The van der Waals surface area contributed by atoms with Gasteiger partial charge in [0.25, 0.3) is 0 Å². The van der Waals surface area contributed by atoms with Crippen molar-refractivity contribution in [1.29, 1.82) is 0 Å². The van der Waals surface area contributed by atoms with E-state index in [0.717, 1.165) is 31.4 Å². The summed E-state index contributed by atoms with van der Waals surface area (Å²) in [5.41, 5.74) is 7.98. The smallest absolute Gasteiger partial charge is 0.109 e. The van der Waals surface area contributed by atoms with Crippen LogP contribution in [0.2, 0.25) is 0 Å². The van der Waals surface area contributed by atoms with Crippen molar-refractivity contribution < 1.29 is 0 Å². The molecular weight excluding hydrogens is 222 g/mol. The molecule has 3 nitrogen and oxygen atoms in total. The van der Waals surface area contributed by atoms with Crippen LogP contribution in [0.15, 0.2) is 24.3 Å². The molecule has 2 rings (SSSR count). The van der Waals surface area contributed by atoms with Gasteiger partial charge < -0.3 is 10.3 Å². The van der Waals surface area contributed by atoms with Gasteiger partial charge in [-0.05, 0) is 31.5 Å². The second-order valence-corrected chi connectivity index (χ2v) is 4.77. The number of imidazole rings is 1. The molecule has 1 aromatic heterocycles. The summed E-state index contributed by atoms with van der Waals surface area (Å²) in [5, 5.41) is 0. The maximum atomic E-state index is 5.61. The maximum absolute atomic E-state index is 5.61. The van der Waals surface area contributed by atoms with Crippen molar-refractivity contribution >= 4 is 11.0 Å².